The standard InChI is InChI=1S/C19H25N9.C6H6/c1-14-8-17(10-20)26-28(14)7-6-22-4-3-5-23-18-9-15(11-24-19(18)21)16-12-25-27(2)13-16;1-2-4-6-5-3-1/h8-9,11-13,22-23H,3-7H2,1-2H3,(H2,21,24);1-6H. The number of benzene rings is 1. The van der Waals surface area contributed by atoms with E-state index in [1.807, 2.05) is 73.5 Å². The first-order valence-corrected chi connectivity index (χ1v) is 11.2. The highest BCUT2D eigenvalue weighted by atomic mass is 15.3. The second kappa shape index (κ2) is 12.8. The Hall–Kier alpha value is -4.16. The van der Waals surface area contributed by atoms with Crippen molar-refractivity contribution in [3.63, 3.8) is 0 Å². The van der Waals surface area contributed by atoms with Crippen LogP contribution in [0.25, 0.3) is 11.1 Å². The van der Waals surface area contributed by atoms with Gasteiger partial charge in [0.25, 0.3) is 0 Å². The summed E-state index contributed by atoms with van der Waals surface area (Å²) < 4.78 is 3.61. The van der Waals surface area contributed by atoms with Crippen LogP contribution in [0.15, 0.2) is 67.1 Å². The molecule has 0 spiro atoms. The van der Waals surface area contributed by atoms with E-state index >= 15 is 0 Å². The minimum Gasteiger partial charge on any atom is -0.382 e. The summed E-state index contributed by atoms with van der Waals surface area (Å²) in [5, 5.41) is 24.0. The van der Waals surface area contributed by atoms with Crippen molar-refractivity contribution in [1.29, 1.82) is 5.26 Å². The zero-order valence-corrected chi connectivity index (χ0v) is 19.6. The fourth-order valence-electron chi connectivity index (χ4n) is 3.27. The third-order valence-electron chi connectivity index (χ3n) is 5.07. The lowest BCUT2D eigenvalue weighted by Gasteiger charge is -2.11. The Morgan fingerprint density at radius 1 is 1.00 bits per heavy atom. The first-order valence-electron chi connectivity index (χ1n) is 11.2. The molecule has 0 saturated carbocycles. The van der Waals surface area contributed by atoms with Gasteiger partial charge in [-0.1, -0.05) is 36.4 Å². The van der Waals surface area contributed by atoms with Crippen molar-refractivity contribution in [1.82, 2.24) is 29.9 Å². The highest BCUT2D eigenvalue weighted by Crippen LogP contribution is 2.24. The van der Waals surface area contributed by atoms with Gasteiger partial charge in [0, 0.05) is 49.4 Å². The Bertz CT molecular complexity index is 1160. The minimum absolute atomic E-state index is 0.460. The molecule has 0 bridgehead atoms. The number of anilines is 2. The van der Waals surface area contributed by atoms with Crippen LogP contribution in [0.1, 0.15) is 17.8 Å². The van der Waals surface area contributed by atoms with Crippen LogP contribution in [0.3, 0.4) is 0 Å². The molecule has 34 heavy (non-hydrogen) atoms. The molecule has 9 heteroatoms. The fraction of sp³-hybridized carbons (Fsp3) is 0.280. The molecule has 9 nitrogen and oxygen atoms in total. The normalized spacial score (nSPS) is 10.3. The molecule has 0 aliphatic rings. The molecular weight excluding hydrogens is 426 g/mol. The summed E-state index contributed by atoms with van der Waals surface area (Å²) in [6.07, 6.45) is 6.45. The first kappa shape index (κ1) is 24.5. The molecule has 0 atom stereocenters. The number of aryl methyl sites for hydroxylation is 2. The number of nitrogens with zero attached hydrogens (tertiary/aromatic N) is 6. The van der Waals surface area contributed by atoms with E-state index in [1.54, 1.807) is 16.9 Å². The van der Waals surface area contributed by atoms with Crippen molar-refractivity contribution in [2.45, 2.75) is 19.9 Å². The van der Waals surface area contributed by atoms with Crippen LogP contribution in [-0.4, -0.2) is 44.2 Å². The van der Waals surface area contributed by atoms with E-state index in [2.05, 4.69) is 31.9 Å². The third kappa shape index (κ3) is 7.46. The van der Waals surface area contributed by atoms with Crippen molar-refractivity contribution < 1.29 is 0 Å². The maximum Gasteiger partial charge on any atom is 0.162 e. The molecular formula is C25H31N9. The molecule has 1 aromatic carbocycles. The fourth-order valence-corrected chi connectivity index (χ4v) is 3.27. The average molecular weight is 458 g/mol. The van der Waals surface area contributed by atoms with Gasteiger partial charge in [-0.25, -0.2) is 4.98 Å². The SMILES string of the molecule is Cc1cc(C#N)nn1CCNCCCNc1cc(-c2cnn(C)c2)cnc1N.c1ccccc1. The van der Waals surface area contributed by atoms with E-state index < -0.39 is 0 Å². The van der Waals surface area contributed by atoms with Crippen LogP contribution in [0.5, 0.6) is 0 Å². The molecule has 0 unspecified atom stereocenters. The molecule has 0 saturated heterocycles. The lowest BCUT2D eigenvalue weighted by Crippen LogP contribution is -2.23. The van der Waals surface area contributed by atoms with E-state index in [4.69, 9.17) is 11.0 Å². The van der Waals surface area contributed by atoms with Crippen molar-refractivity contribution in [3.05, 3.63) is 78.5 Å². The van der Waals surface area contributed by atoms with Gasteiger partial charge in [-0.3, -0.25) is 9.36 Å². The van der Waals surface area contributed by atoms with E-state index in [0.717, 1.165) is 55.1 Å². The van der Waals surface area contributed by atoms with E-state index in [-0.39, 0.29) is 0 Å². The Morgan fingerprint density at radius 2 is 1.74 bits per heavy atom. The van der Waals surface area contributed by atoms with Gasteiger partial charge in [0.15, 0.2) is 5.69 Å². The molecule has 0 aliphatic heterocycles. The molecule has 176 valence electrons. The Kier molecular flexibility index (Phi) is 9.19. The smallest absolute Gasteiger partial charge is 0.162 e. The largest absolute Gasteiger partial charge is 0.382 e. The second-order valence-electron chi connectivity index (χ2n) is 7.75. The lowest BCUT2D eigenvalue weighted by atomic mass is 10.1. The summed E-state index contributed by atoms with van der Waals surface area (Å²) in [5.74, 6) is 0.489. The predicted molar refractivity (Wildman–Crippen MR) is 135 cm³/mol. The first-order chi connectivity index (χ1) is 16.6. The van der Waals surface area contributed by atoms with Gasteiger partial charge in [-0.15, -0.1) is 0 Å². The number of aromatic nitrogens is 5. The van der Waals surface area contributed by atoms with Gasteiger partial charge in [0.2, 0.25) is 0 Å². The number of nitriles is 1. The molecule has 0 aliphatic carbocycles. The highest BCUT2D eigenvalue weighted by molar-refractivity contribution is 5.72. The molecule has 4 rings (SSSR count). The van der Waals surface area contributed by atoms with Crippen LogP contribution in [0.4, 0.5) is 11.5 Å². The molecule has 0 radical (unpaired) electrons. The third-order valence-corrected chi connectivity index (χ3v) is 5.07. The quantitative estimate of drug-likeness (QED) is 0.330. The zero-order chi connectivity index (χ0) is 24.2. The van der Waals surface area contributed by atoms with Crippen LogP contribution >= 0.6 is 0 Å². The van der Waals surface area contributed by atoms with Crippen LogP contribution in [0.2, 0.25) is 0 Å². The van der Waals surface area contributed by atoms with Gasteiger partial charge in [0.1, 0.15) is 11.9 Å². The van der Waals surface area contributed by atoms with Crippen LogP contribution < -0.4 is 16.4 Å². The summed E-state index contributed by atoms with van der Waals surface area (Å²) >= 11 is 0. The van der Waals surface area contributed by atoms with Gasteiger partial charge in [-0.05, 0) is 32.0 Å². The monoisotopic (exact) mass is 457 g/mol. The summed E-state index contributed by atoms with van der Waals surface area (Å²) in [7, 11) is 1.89. The summed E-state index contributed by atoms with van der Waals surface area (Å²) in [6.45, 7) is 5.15. The number of rotatable bonds is 9. The predicted octanol–water partition coefficient (Wildman–Crippen LogP) is 3.22. The molecule has 3 heterocycles. The topological polar surface area (TPSA) is 122 Å². The molecule has 3 aromatic heterocycles. The maximum absolute atomic E-state index is 8.87. The highest BCUT2D eigenvalue weighted by Gasteiger charge is 2.06. The van der Waals surface area contributed by atoms with Crippen molar-refractivity contribution in [2.24, 2.45) is 7.05 Å². The van der Waals surface area contributed by atoms with E-state index in [1.165, 1.54) is 0 Å². The van der Waals surface area contributed by atoms with Crippen LogP contribution in [0, 0.1) is 18.3 Å². The number of hydrogen-bond acceptors (Lipinski definition) is 7. The molecule has 0 amide bonds. The summed E-state index contributed by atoms with van der Waals surface area (Å²) in [4.78, 5) is 4.27. The molecule has 4 aromatic rings. The van der Waals surface area contributed by atoms with Crippen molar-refractivity contribution in [2.75, 3.05) is 30.7 Å². The zero-order valence-electron chi connectivity index (χ0n) is 19.6. The molecule has 0 fully saturated rings. The van der Waals surface area contributed by atoms with Crippen LogP contribution in [-0.2, 0) is 13.6 Å². The minimum atomic E-state index is 0.460. The lowest BCUT2D eigenvalue weighted by molar-refractivity contribution is 0.541. The number of hydrogen-bond donors (Lipinski definition) is 3. The Balaban J connectivity index is 0.000000469. The Labute approximate surface area is 200 Å². The number of nitrogen functional groups attached to an aromatic ring is 1. The van der Waals surface area contributed by atoms with Crippen molar-refractivity contribution in [3.8, 4) is 17.2 Å². The van der Waals surface area contributed by atoms with Crippen molar-refractivity contribution >= 4 is 11.5 Å². The summed E-state index contributed by atoms with van der Waals surface area (Å²) in [6, 6.07) is 17.9. The second-order valence-corrected chi connectivity index (χ2v) is 7.75. The molecule has 4 N–H and O–H groups in total. The maximum atomic E-state index is 8.87. The van der Waals surface area contributed by atoms with Gasteiger partial charge in [0.05, 0.1) is 18.4 Å². The number of nitrogens with one attached hydrogen (secondary N) is 2. The van der Waals surface area contributed by atoms with Gasteiger partial charge < -0.3 is 16.4 Å². The number of nitrogens with two attached hydrogens (primary N) is 1. The van der Waals surface area contributed by atoms with E-state index in [0.29, 0.717) is 11.5 Å². The summed E-state index contributed by atoms with van der Waals surface area (Å²) in [5.41, 5.74) is 10.3. The average Bonchev–Trinajstić information content (AvgIpc) is 3.46. The van der Waals surface area contributed by atoms with Gasteiger partial charge in [-0.2, -0.15) is 15.5 Å². The van der Waals surface area contributed by atoms with Gasteiger partial charge >= 0.3 is 0 Å². The number of pyridine rings is 1. The Morgan fingerprint density at radius 3 is 2.35 bits per heavy atom. The van der Waals surface area contributed by atoms with E-state index in [9.17, 15) is 0 Å².